The molecule has 0 radical (unpaired) electrons. The first-order valence-corrected chi connectivity index (χ1v) is 21.9. The second-order valence-corrected chi connectivity index (χ2v) is 20.3. The molecule has 0 unspecified atom stereocenters. The van der Waals surface area contributed by atoms with E-state index in [0.717, 1.165) is 0 Å². The molecule has 0 spiro atoms. The van der Waals surface area contributed by atoms with Crippen molar-refractivity contribution in [3.05, 3.63) is 176 Å². The number of benzene rings is 9. The molecule has 1 aliphatic carbocycles. The fourth-order valence-corrected chi connectivity index (χ4v) is 9.78. The van der Waals surface area contributed by atoms with Crippen LogP contribution >= 0.6 is 0 Å². The van der Waals surface area contributed by atoms with Gasteiger partial charge in [0.2, 0.25) is 0 Å². The van der Waals surface area contributed by atoms with Crippen molar-refractivity contribution >= 4 is 45.6 Å². The van der Waals surface area contributed by atoms with Gasteiger partial charge in [0.05, 0.1) is 8.07 Å². The highest BCUT2D eigenvalue weighted by Crippen LogP contribution is 2.58. The Kier molecular flexibility index (Phi) is 6.96. The Bertz CT molecular complexity index is 2750. The largest absolute Gasteiger partial charge is 0.0775 e. The highest BCUT2D eigenvalue weighted by Gasteiger charge is 2.31. The van der Waals surface area contributed by atoms with Crippen LogP contribution < -0.4 is 5.19 Å². The molecule has 0 saturated carbocycles. The lowest BCUT2D eigenvalue weighted by Crippen LogP contribution is -2.37. The lowest BCUT2D eigenvalue weighted by atomic mass is 9.82. The summed E-state index contributed by atoms with van der Waals surface area (Å²) in [7, 11) is -1.33. The zero-order valence-corrected chi connectivity index (χ0v) is 30.7. The van der Waals surface area contributed by atoms with Crippen LogP contribution in [0.1, 0.15) is 0 Å². The summed E-state index contributed by atoms with van der Waals surface area (Å²) in [5.41, 5.74) is 15.5. The third kappa shape index (κ3) is 4.81. The molecule has 0 saturated heterocycles. The van der Waals surface area contributed by atoms with E-state index in [9.17, 15) is 0 Å². The van der Waals surface area contributed by atoms with Crippen LogP contribution in [0.25, 0.3) is 99.1 Å². The van der Waals surface area contributed by atoms with Gasteiger partial charge < -0.3 is 0 Å². The summed E-state index contributed by atoms with van der Waals surface area (Å²) in [6.07, 6.45) is 0. The average Bonchev–Trinajstić information content (AvgIpc) is 3.52. The molecule has 9 aromatic rings. The molecule has 9 aromatic carbocycles. The summed E-state index contributed by atoms with van der Waals surface area (Å²) in [4.78, 5) is 0. The molecule has 0 atom stereocenters. The fraction of sp³-hybridized carbons (Fsp3) is 0.0588. The summed E-state index contributed by atoms with van der Waals surface area (Å²) >= 11 is 0. The van der Waals surface area contributed by atoms with Crippen molar-refractivity contribution in [2.45, 2.75) is 19.6 Å². The summed E-state index contributed by atoms with van der Waals surface area (Å²) < 4.78 is 0. The summed E-state index contributed by atoms with van der Waals surface area (Å²) in [6, 6.07) is 65.7. The molecule has 1 aliphatic rings. The first kappa shape index (κ1) is 30.8. The molecule has 0 aliphatic heterocycles. The molecule has 0 heterocycles. The van der Waals surface area contributed by atoms with Crippen LogP contribution in [-0.2, 0) is 0 Å². The van der Waals surface area contributed by atoms with Gasteiger partial charge >= 0.3 is 0 Å². The van der Waals surface area contributed by atoms with Gasteiger partial charge in [0, 0.05) is 0 Å². The van der Waals surface area contributed by atoms with Crippen LogP contribution in [0, 0.1) is 0 Å². The van der Waals surface area contributed by atoms with Crippen molar-refractivity contribution in [1.82, 2.24) is 0 Å². The van der Waals surface area contributed by atoms with Crippen LogP contribution in [0.5, 0.6) is 0 Å². The monoisotopic (exact) mass is 678 g/mol. The smallest absolute Gasteiger partial charge is 0.0656 e. The Morgan fingerprint density at radius 2 is 0.788 bits per heavy atom. The molecule has 10 rings (SSSR count). The predicted octanol–water partition coefficient (Wildman–Crippen LogP) is 14.0. The maximum atomic E-state index is 2.41. The Morgan fingerprint density at radius 1 is 0.308 bits per heavy atom. The molecule has 0 nitrogen and oxygen atoms in total. The van der Waals surface area contributed by atoms with Crippen LogP contribution in [0.4, 0.5) is 0 Å². The second-order valence-electron chi connectivity index (χ2n) is 15.3. The molecule has 0 amide bonds. The Morgan fingerprint density at radius 3 is 1.38 bits per heavy atom. The third-order valence-corrected chi connectivity index (χ3v) is 13.2. The van der Waals surface area contributed by atoms with Crippen molar-refractivity contribution < 1.29 is 0 Å². The van der Waals surface area contributed by atoms with Crippen molar-refractivity contribution in [2.24, 2.45) is 0 Å². The lowest BCUT2D eigenvalue weighted by Gasteiger charge is -2.20. The minimum atomic E-state index is -1.33. The van der Waals surface area contributed by atoms with Crippen LogP contribution in [0.15, 0.2) is 176 Å². The number of hydrogen-bond acceptors (Lipinski definition) is 0. The SMILES string of the molecule is C[Si](C)(C)c1ccc(-c2ccc3cc(-c4ccc5c6c(cccc46)-c4c-5c(-c5ccccc5)c5ccccc5c4-c4ccccc4)ccc3c2)cc1. The quantitative estimate of drug-likeness (QED) is 0.159. The van der Waals surface area contributed by atoms with Crippen molar-refractivity contribution in [2.75, 3.05) is 0 Å². The van der Waals surface area contributed by atoms with Crippen molar-refractivity contribution in [1.29, 1.82) is 0 Å². The van der Waals surface area contributed by atoms with E-state index < -0.39 is 8.07 Å². The van der Waals surface area contributed by atoms with Gasteiger partial charge in [-0.25, -0.2) is 0 Å². The normalized spacial score (nSPS) is 12.1. The van der Waals surface area contributed by atoms with Gasteiger partial charge in [-0.05, 0) is 111 Å². The average molecular weight is 679 g/mol. The predicted molar refractivity (Wildman–Crippen MR) is 228 cm³/mol. The van der Waals surface area contributed by atoms with E-state index in [1.165, 1.54) is 104 Å². The van der Waals surface area contributed by atoms with Crippen LogP contribution in [-0.4, -0.2) is 8.07 Å². The summed E-state index contributed by atoms with van der Waals surface area (Å²) in [5, 5.41) is 9.24. The molecule has 0 aromatic heterocycles. The Labute approximate surface area is 306 Å². The van der Waals surface area contributed by atoms with Gasteiger partial charge in [-0.2, -0.15) is 0 Å². The van der Waals surface area contributed by atoms with Crippen molar-refractivity contribution in [3.8, 4) is 66.8 Å². The van der Waals surface area contributed by atoms with E-state index in [0.29, 0.717) is 0 Å². The Balaban J connectivity index is 1.17. The van der Waals surface area contributed by atoms with Gasteiger partial charge in [0.25, 0.3) is 0 Å². The van der Waals surface area contributed by atoms with E-state index in [4.69, 9.17) is 0 Å². The molecular formula is C51H38Si. The Hall–Kier alpha value is -6.02. The number of fused-ring (bicyclic) bond motifs is 5. The van der Waals surface area contributed by atoms with E-state index >= 15 is 0 Å². The number of hydrogen-bond donors (Lipinski definition) is 0. The summed E-state index contributed by atoms with van der Waals surface area (Å²) in [5.74, 6) is 0. The minimum Gasteiger partial charge on any atom is -0.0656 e. The minimum absolute atomic E-state index is 1.25. The van der Waals surface area contributed by atoms with E-state index in [1.807, 2.05) is 0 Å². The van der Waals surface area contributed by atoms with E-state index in [-0.39, 0.29) is 0 Å². The molecule has 0 N–H and O–H groups in total. The molecular weight excluding hydrogens is 641 g/mol. The zero-order chi connectivity index (χ0) is 35.0. The third-order valence-electron chi connectivity index (χ3n) is 11.2. The molecule has 0 bridgehead atoms. The van der Waals surface area contributed by atoms with E-state index in [1.54, 1.807) is 0 Å². The first-order valence-electron chi connectivity index (χ1n) is 18.4. The van der Waals surface area contributed by atoms with Gasteiger partial charge in [-0.15, -0.1) is 0 Å². The molecule has 52 heavy (non-hydrogen) atoms. The van der Waals surface area contributed by atoms with Crippen LogP contribution in [0.2, 0.25) is 19.6 Å². The van der Waals surface area contributed by atoms with Gasteiger partial charge in [-0.1, -0.05) is 189 Å². The fourth-order valence-electron chi connectivity index (χ4n) is 8.62. The maximum absolute atomic E-state index is 2.41. The van der Waals surface area contributed by atoms with Crippen molar-refractivity contribution in [3.63, 3.8) is 0 Å². The standard InChI is InChI=1S/C51H38Si/c1-52(2,3)40-27-25-33(26-28-40)36-21-22-38-32-39(24-23-37(38)31-36)41-29-30-46-49-42(41)19-12-20-45(49)50-47(34-13-6-4-7-14-34)43-17-10-11-18-44(43)48(51(46)50)35-15-8-5-9-16-35/h4-32H,1-3H3. The molecule has 1 heteroatoms. The van der Waals surface area contributed by atoms with Crippen LogP contribution in [0.3, 0.4) is 0 Å². The molecule has 0 fully saturated rings. The lowest BCUT2D eigenvalue weighted by molar-refractivity contribution is 1.62. The van der Waals surface area contributed by atoms with Gasteiger partial charge in [0.15, 0.2) is 0 Å². The first-order chi connectivity index (χ1) is 25.4. The topological polar surface area (TPSA) is 0 Å². The molecule has 246 valence electrons. The van der Waals surface area contributed by atoms with Gasteiger partial charge in [-0.3, -0.25) is 0 Å². The second kappa shape index (κ2) is 11.8. The summed E-state index contributed by atoms with van der Waals surface area (Å²) in [6.45, 7) is 7.22. The highest BCUT2D eigenvalue weighted by atomic mass is 28.3. The van der Waals surface area contributed by atoms with Gasteiger partial charge in [0.1, 0.15) is 0 Å². The highest BCUT2D eigenvalue weighted by molar-refractivity contribution is 6.88. The zero-order valence-electron chi connectivity index (χ0n) is 29.7. The maximum Gasteiger partial charge on any atom is 0.0775 e. The van der Waals surface area contributed by atoms with E-state index in [2.05, 4.69) is 196 Å². The number of rotatable bonds is 5.